The minimum absolute atomic E-state index is 0. The Balaban J connectivity index is 0.00000588. The molecule has 0 bridgehead atoms. The molecule has 5 nitrogen and oxygen atoms in total. The van der Waals surface area contributed by atoms with E-state index in [1.807, 2.05) is 30.3 Å². The average Bonchev–Trinajstić information content (AvgIpc) is 3.45. The van der Waals surface area contributed by atoms with Crippen molar-refractivity contribution in [2.24, 2.45) is 0 Å². The van der Waals surface area contributed by atoms with Crippen molar-refractivity contribution < 1.29 is 14.3 Å². The van der Waals surface area contributed by atoms with E-state index in [4.69, 9.17) is 4.74 Å². The van der Waals surface area contributed by atoms with Gasteiger partial charge in [0.1, 0.15) is 5.75 Å². The van der Waals surface area contributed by atoms with E-state index in [2.05, 4.69) is 34.8 Å². The molecule has 0 aromatic heterocycles. The van der Waals surface area contributed by atoms with E-state index in [-0.39, 0.29) is 35.1 Å². The van der Waals surface area contributed by atoms with E-state index in [1.54, 1.807) is 24.8 Å². The number of nitrogens with one attached hydrogen (secondary N) is 1. The number of halogens is 1. The molecule has 0 unspecified atom stereocenters. The average molecular weight is 646 g/mol. The number of unbranched alkanes of at least 4 members (excludes halogenated alkanes) is 11. The van der Waals surface area contributed by atoms with Crippen LogP contribution in [0.15, 0.2) is 54.1 Å². The molecule has 7 heteroatoms. The molecule has 0 atom stereocenters. The molecule has 3 rings (SSSR count). The number of anilines is 1. The van der Waals surface area contributed by atoms with Gasteiger partial charge in [0, 0.05) is 18.4 Å². The van der Waals surface area contributed by atoms with E-state index in [9.17, 15) is 9.59 Å². The zero-order valence-corrected chi connectivity index (χ0v) is 27.5. The Hall–Kier alpha value is -2.25. The van der Waals surface area contributed by atoms with Gasteiger partial charge in [-0.1, -0.05) is 95.8 Å². The van der Waals surface area contributed by atoms with Crippen molar-refractivity contribution in [1.29, 1.82) is 0 Å². The summed E-state index contributed by atoms with van der Waals surface area (Å²) in [5.74, 6) is 1.41. The predicted octanol–water partition coefficient (Wildman–Crippen LogP) is 9.71. The van der Waals surface area contributed by atoms with Crippen LogP contribution in [0.1, 0.15) is 112 Å². The summed E-state index contributed by atoms with van der Waals surface area (Å²) < 4.78 is 5.98. The van der Waals surface area contributed by atoms with Crippen LogP contribution >= 0.6 is 28.7 Å². The second-order valence-corrected chi connectivity index (χ2v) is 11.7. The smallest absolute Gasteiger partial charge is 0.228 e. The number of amides is 1. The molecule has 1 heterocycles. The molecule has 41 heavy (non-hydrogen) atoms. The molecule has 0 saturated heterocycles. The van der Waals surface area contributed by atoms with Gasteiger partial charge in [-0.3, -0.25) is 9.59 Å². The molecule has 0 saturated carbocycles. The number of hydrogen-bond acceptors (Lipinski definition) is 5. The topological polar surface area (TPSA) is 58.6 Å². The number of ketones is 1. The Morgan fingerprint density at radius 1 is 0.878 bits per heavy atom. The van der Waals surface area contributed by atoms with E-state index < -0.39 is 0 Å². The summed E-state index contributed by atoms with van der Waals surface area (Å²) >= 11 is 1.78. The summed E-state index contributed by atoms with van der Waals surface area (Å²) in [5.41, 5.74) is 3.28. The molecule has 0 spiro atoms. The number of hydrogen-bond donors (Lipinski definition) is 1. The first-order chi connectivity index (χ1) is 19.5. The number of ether oxygens (including phenoxy) is 1. The van der Waals surface area contributed by atoms with Gasteiger partial charge in [0.05, 0.1) is 24.5 Å². The van der Waals surface area contributed by atoms with Crippen molar-refractivity contribution in [2.45, 2.75) is 104 Å². The minimum atomic E-state index is -0.103. The fraction of sp³-hybridized carbons (Fsp3) is 0.529. The largest absolute Gasteiger partial charge is 0.493 e. The van der Waals surface area contributed by atoms with E-state index in [0.717, 1.165) is 42.1 Å². The lowest BCUT2D eigenvalue weighted by atomic mass is 10.0. The Morgan fingerprint density at radius 2 is 1.56 bits per heavy atom. The lowest BCUT2D eigenvalue weighted by Gasteiger charge is -2.15. The van der Waals surface area contributed by atoms with E-state index in [1.165, 1.54) is 64.2 Å². The van der Waals surface area contributed by atoms with Gasteiger partial charge in [0.25, 0.3) is 0 Å². The Bertz CT molecular complexity index is 1090. The predicted molar refractivity (Wildman–Crippen MR) is 179 cm³/mol. The van der Waals surface area contributed by atoms with Crippen LogP contribution < -0.4 is 10.1 Å². The number of carbonyl (C=O) groups excluding carboxylic acids is 2. The highest BCUT2D eigenvalue weighted by Gasteiger charge is 2.13. The van der Waals surface area contributed by atoms with Gasteiger partial charge in [0.15, 0.2) is 5.78 Å². The van der Waals surface area contributed by atoms with Crippen molar-refractivity contribution in [2.75, 3.05) is 17.8 Å². The number of carbonyl (C=O) groups is 2. The first-order valence-electron chi connectivity index (χ1n) is 15.2. The van der Waals surface area contributed by atoms with Crippen LogP contribution in [0.25, 0.3) is 0 Å². The molecule has 0 fully saturated rings. The van der Waals surface area contributed by atoms with Crippen molar-refractivity contribution in [3.05, 3.63) is 70.8 Å². The van der Waals surface area contributed by atoms with Crippen molar-refractivity contribution in [1.82, 2.24) is 4.90 Å². The van der Waals surface area contributed by atoms with Gasteiger partial charge in [-0.25, -0.2) is 0 Å². The minimum Gasteiger partial charge on any atom is -0.493 e. The van der Waals surface area contributed by atoms with Crippen LogP contribution in [0, 0.1) is 0 Å². The standard InChI is InChI=1S/C34H48N2O3S.BrH/c1-3-4-5-6-7-8-9-10-11-12-13-14-21-39-33-19-18-29(24-32(33)28(2)37)25-34(38)35-31-17-15-16-30(23-31)26-36-20-22-40-27-36;/h15-20,22-24H,3-14,21,25-27H2,1-2H3,(H,35,38);1H. The SMILES string of the molecule is Br.CCCCCCCCCCCCCCOc1ccc(CC(=O)Nc2cccc(CN3C=CSC3)c2)cc1C(C)=O. The maximum absolute atomic E-state index is 12.8. The van der Waals surface area contributed by atoms with Crippen molar-refractivity contribution in [3.63, 3.8) is 0 Å². The molecule has 0 aliphatic carbocycles. The summed E-state index contributed by atoms with van der Waals surface area (Å²) in [5, 5.41) is 5.10. The van der Waals surface area contributed by atoms with Gasteiger partial charge in [-0.15, -0.1) is 28.7 Å². The van der Waals surface area contributed by atoms with Crippen LogP contribution in [-0.4, -0.2) is 29.1 Å². The summed E-state index contributed by atoms with van der Waals surface area (Å²) in [4.78, 5) is 27.3. The van der Waals surface area contributed by atoms with Gasteiger partial charge < -0.3 is 15.0 Å². The molecule has 226 valence electrons. The third kappa shape index (κ3) is 14.0. The molecular formula is C34H49BrN2O3S. The van der Waals surface area contributed by atoms with Crippen molar-refractivity contribution >= 4 is 46.1 Å². The molecule has 2 aromatic carbocycles. The lowest BCUT2D eigenvalue weighted by Crippen LogP contribution is -2.16. The van der Waals surface area contributed by atoms with Gasteiger partial charge in [-0.05, 0) is 54.1 Å². The summed E-state index contributed by atoms with van der Waals surface area (Å²) in [6, 6.07) is 13.5. The van der Waals surface area contributed by atoms with Crippen molar-refractivity contribution in [3.8, 4) is 5.75 Å². The van der Waals surface area contributed by atoms with Crippen LogP contribution in [0.4, 0.5) is 5.69 Å². The highest BCUT2D eigenvalue weighted by Crippen LogP contribution is 2.23. The fourth-order valence-corrected chi connectivity index (χ4v) is 5.71. The third-order valence-electron chi connectivity index (χ3n) is 7.25. The summed E-state index contributed by atoms with van der Waals surface area (Å²) in [6.07, 6.45) is 17.9. The molecule has 1 aliphatic rings. The van der Waals surface area contributed by atoms with Crippen LogP contribution in [0.3, 0.4) is 0 Å². The summed E-state index contributed by atoms with van der Waals surface area (Å²) in [6.45, 7) is 5.24. The van der Waals surface area contributed by atoms with Gasteiger partial charge in [-0.2, -0.15) is 0 Å². The van der Waals surface area contributed by atoms with Gasteiger partial charge >= 0.3 is 0 Å². The fourth-order valence-electron chi connectivity index (χ4n) is 5.00. The van der Waals surface area contributed by atoms with E-state index in [0.29, 0.717) is 17.9 Å². The zero-order valence-electron chi connectivity index (χ0n) is 25.0. The Morgan fingerprint density at radius 3 is 2.20 bits per heavy atom. The number of Topliss-reactive ketones (excluding diaryl/α,β-unsaturated/α-hetero) is 1. The lowest BCUT2D eigenvalue weighted by molar-refractivity contribution is -0.115. The quantitative estimate of drug-likeness (QED) is 0.115. The first-order valence-corrected chi connectivity index (χ1v) is 16.3. The molecule has 1 aliphatic heterocycles. The van der Waals surface area contributed by atoms with Crippen LogP contribution in [-0.2, 0) is 17.8 Å². The molecule has 2 aromatic rings. The van der Waals surface area contributed by atoms with Gasteiger partial charge in [0.2, 0.25) is 5.91 Å². The van der Waals surface area contributed by atoms with E-state index >= 15 is 0 Å². The van der Waals surface area contributed by atoms with Crippen LogP contribution in [0.2, 0.25) is 0 Å². The second kappa shape index (κ2) is 20.6. The molecule has 0 radical (unpaired) electrons. The third-order valence-corrected chi connectivity index (χ3v) is 8.04. The molecular weight excluding hydrogens is 596 g/mol. The van der Waals surface area contributed by atoms with Crippen LogP contribution in [0.5, 0.6) is 5.75 Å². The monoisotopic (exact) mass is 644 g/mol. The molecule has 1 amide bonds. The Kier molecular flexibility index (Phi) is 17.6. The Labute approximate surface area is 262 Å². The maximum atomic E-state index is 12.8. The number of rotatable bonds is 20. The molecule has 1 N–H and O–H groups in total. The maximum Gasteiger partial charge on any atom is 0.228 e. The zero-order chi connectivity index (χ0) is 28.4. The normalized spacial score (nSPS) is 12.3. The number of thioether (sulfide) groups is 1. The second-order valence-electron chi connectivity index (χ2n) is 10.9. The number of nitrogens with zero attached hydrogens (tertiary/aromatic N) is 1. The first kappa shape index (κ1) is 34.9. The highest BCUT2D eigenvalue weighted by molar-refractivity contribution is 8.93. The summed E-state index contributed by atoms with van der Waals surface area (Å²) in [7, 11) is 0. The highest BCUT2D eigenvalue weighted by atomic mass is 79.9. The number of benzene rings is 2.